The highest BCUT2D eigenvalue weighted by Gasteiger charge is 2.46. The molecular weight excluding hydrogens is 612 g/mol. The molecule has 4 aromatic carbocycles. The van der Waals surface area contributed by atoms with Crippen LogP contribution < -0.4 is 9.47 Å². The van der Waals surface area contributed by atoms with Gasteiger partial charge in [-0.3, -0.25) is 0 Å². The lowest BCUT2D eigenvalue weighted by molar-refractivity contribution is 0.0223. The van der Waals surface area contributed by atoms with E-state index in [2.05, 4.69) is 125 Å². The SMILES string of the molecule is CCC(CC(C)OCC1CO1)Oc1ccc(C2(c3ccc(OC(CC)CC(C)OCC4CO4)cc3)c3ccccc3-c3ccccc32)cc1. The Bertz CT molecular complexity index is 1530. The zero-order valence-corrected chi connectivity index (χ0v) is 29.3. The summed E-state index contributed by atoms with van der Waals surface area (Å²) >= 11 is 0. The molecule has 2 fully saturated rings. The molecule has 6 atom stereocenters. The van der Waals surface area contributed by atoms with Crippen molar-refractivity contribution in [2.45, 2.75) is 95.4 Å². The Hall–Kier alpha value is -3.68. The molecule has 6 unspecified atom stereocenters. The number of fused-ring (bicyclic) bond motifs is 3. The highest BCUT2D eigenvalue weighted by atomic mass is 16.6. The Labute approximate surface area is 291 Å². The summed E-state index contributed by atoms with van der Waals surface area (Å²) in [6.07, 6.45) is 4.41. The summed E-state index contributed by atoms with van der Waals surface area (Å²) in [7, 11) is 0. The second-order valence-electron chi connectivity index (χ2n) is 13.9. The van der Waals surface area contributed by atoms with Crippen LogP contribution >= 0.6 is 0 Å². The predicted molar refractivity (Wildman–Crippen MR) is 193 cm³/mol. The molecule has 1 aliphatic carbocycles. The maximum Gasteiger partial charge on any atom is 0.119 e. The van der Waals surface area contributed by atoms with Gasteiger partial charge < -0.3 is 28.4 Å². The van der Waals surface area contributed by atoms with Gasteiger partial charge in [-0.15, -0.1) is 0 Å². The van der Waals surface area contributed by atoms with Gasteiger partial charge >= 0.3 is 0 Å². The molecule has 0 spiro atoms. The van der Waals surface area contributed by atoms with E-state index in [1.165, 1.54) is 33.4 Å². The number of epoxide rings is 2. The zero-order chi connectivity index (χ0) is 33.8. The van der Waals surface area contributed by atoms with E-state index >= 15 is 0 Å². The maximum atomic E-state index is 6.53. The van der Waals surface area contributed by atoms with Gasteiger partial charge in [0.05, 0.1) is 44.1 Å². The maximum absolute atomic E-state index is 6.53. The molecule has 6 heteroatoms. The Kier molecular flexibility index (Phi) is 10.4. The molecule has 0 amide bonds. The van der Waals surface area contributed by atoms with E-state index < -0.39 is 5.41 Å². The van der Waals surface area contributed by atoms with Crippen LogP contribution in [0.5, 0.6) is 11.5 Å². The van der Waals surface area contributed by atoms with E-state index in [9.17, 15) is 0 Å². The molecule has 0 radical (unpaired) electrons. The molecule has 4 aromatic rings. The quantitative estimate of drug-likeness (QED) is 0.0875. The van der Waals surface area contributed by atoms with Gasteiger partial charge in [0.2, 0.25) is 0 Å². The van der Waals surface area contributed by atoms with E-state index in [0.29, 0.717) is 13.2 Å². The molecular formula is C43H50O6. The molecule has 2 heterocycles. The lowest BCUT2D eigenvalue weighted by Crippen LogP contribution is -2.29. The third kappa shape index (κ3) is 7.58. The Morgan fingerprint density at radius 1 is 0.592 bits per heavy atom. The van der Waals surface area contributed by atoms with Gasteiger partial charge in [-0.05, 0) is 84.3 Å². The lowest BCUT2D eigenvalue weighted by atomic mass is 9.68. The van der Waals surface area contributed by atoms with Crippen molar-refractivity contribution in [1.29, 1.82) is 0 Å². The molecule has 2 saturated heterocycles. The number of rotatable bonds is 18. The first kappa shape index (κ1) is 33.8. The van der Waals surface area contributed by atoms with E-state index in [-0.39, 0.29) is 36.6 Å². The fourth-order valence-electron chi connectivity index (χ4n) is 7.32. The lowest BCUT2D eigenvalue weighted by Gasteiger charge is -2.34. The number of hydrogen-bond donors (Lipinski definition) is 0. The third-order valence-electron chi connectivity index (χ3n) is 10.2. The molecule has 0 bridgehead atoms. The summed E-state index contributed by atoms with van der Waals surface area (Å²) in [5.41, 5.74) is 7.03. The summed E-state index contributed by atoms with van der Waals surface area (Å²) in [4.78, 5) is 0. The number of ether oxygens (including phenoxy) is 6. The molecule has 7 rings (SSSR count). The Morgan fingerprint density at radius 3 is 1.35 bits per heavy atom. The van der Waals surface area contributed by atoms with Crippen molar-refractivity contribution in [2.24, 2.45) is 0 Å². The van der Waals surface area contributed by atoms with Gasteiger partial charge in [0.25, 0.3) is 0 Å². The van der Waals surface area contributed by atoms with Crippen LogP contribution in [0.4, 0.5) is 0 Å². The van der Waals surface area contributed by atoms with Gasteiger partial charge in [0.15, 0.2) is 0 Å². The fraction of sp³-hybridized carbons (Fsp3) is 0.442. The third-order valence-corrected chi connectivity index (χ3v) is 10.2. The van der Waals surface area contributed by atoms with Gasteiger partial charge in [-0.1, -0.05) is 86.6 Å². The van der Waals surface area contributed by atoms with Crippen molar-refractivity contribution in [3.63, 3.8) is 0 Å². The summed E-state index contributed by atoms with van der Waals surface area (Å²) in [5.74, 6) is 1.75. The van der Waals surface area contributed by atoms with Crippen molar-refractivity contribution in [2.75, 3.05) is 26.4 Å². The van der Waals surface area contributed by atoms with E-state index in [1.54, 1.807) is 0 Å². The standard InChI is InChI=1S/C43H50O6/c1-5-33(23-29(3)44-25-37-27-46-37)48-35-19-15-31(16-20-35)43(41-13-9-7-11-39(41)40-12-8-10-14-42(40)43)32-17-21-36(22-18-32)49-34(6-2)24-30(4)45-26-38-28-47-38/h7-22,29-30,33-34,37-38H,5-6,23-28H2,1-4H3. The molecule has 49 heavy (non-hydrogen) atoms. The minimum Gasteiger partial charge on any atom is -0.490 e. The summed E-state index contributed by atoms with van der Waals surface area (Å²) < 4.78 is 35.7. The number of benzene rings is 4. The highest BCUT2D eigenvalue weighted by Crippen LogP contribution is 2.56. The van der Waals surface area contributed by atoms with Gasteiger partial charge in [0, 0.05) is 12.8 Å². The van der Waals surface area contributed by atoms with Crippen LogP contribution in [-0.2, 0) is 24.4 Å². The predicted octanol–water partition coefficient (Wildman–Crippen LogP) is 8.75. The largest absolute Gasteiger partial charge is 0.490 e. The minimum atomic E-state index is -0.487. The van der Waals surface area contributed by atoms with E-state index in [1.807, 2.05) is 0 Å². The van der Waals surface area contributed by atoms with Crippen LogP contribution in [0.1, 0.15) is 75.6 Å². The molecule has 0 N–H and O–H groups in total. The zero-order valence-electron chi connectivity index (χ0n) is 29.3. The van der Waals surface area contributed by atoms with Crippen molar-refractivity contribution in [3.8, 4) is 22.6 Å². The van der Waals surface area contributed by atoms with Crippen LogP contribution in [0.2, 0.25) is 0 Å². The summed E-state index contributed by atoms with van der Waals surface area (Å²) in [6.45, 7) is 11.5. The Balaban J connectivity index is 1.15. The van der Waals surface area contributed by atoms with Crippen molar-refractivity contribution in [3.05, 3.63) is 119 Å². The van der Waals surface area contributed by atoms with Gasteiger partial charge in [0.1, 0.15) is 35.9 Å². The minimum absolute atomic E-state index is 0.0733. The second kappa shape index (κ2) is 15.1. The van der Waals surface area contributed by atoms with Crippen LogP contribution in [0.15, 0.2) is 97.1 Å². The first-order chi connectivity index (χ1) is 24.0. The van der Waals surface area contributed by atoms with Crippen molar-refractivity contribution < 1.29 is 28.4 Å². The fourth-order valence-corrected chi connectivity index (χ4v) is 7.32. The second-order valence-corrected chi connectivity index (χ2v) is 13.9. The summed E-state index contributed by atoms with van der Waals surface area (Å²) in [5, 5.41) is 0. The smallest absolute Gasteiger partial charge is 0.119 e. The molecule has 6 nitrogen and oxygen atoms in total. The van der Waals surface area contributed by atoms with Crippen molar-refractivity contribution >= 4 is 0 Å². The normalized spacial score (nSPS) is 20.8. The van der Waals surface area contributed by atoms with Crippen LogP contribution in [0.25, 0.3) is 11.1 Å². The molecule has 0 saturated carbocycles. The van der Waals surface area contributed by atoms with E-state index in [0.717, 1.165) is 50.4 Å². The average Bonchev–Trinajstić information content (AvgIpc) is 4.08. The van der Waals surface area contributed by atoms with Crippen LogP contribution in [0.3, 0.4) is 0 Å². The first-order valence-corrected chi connectivity index (χ1v) is 18.2. The van der Waals surface area contributed by atoms with Crippen LogP contribution in [-0.4, -0.2) is 63.1 Å². The monoisotopic (exact) mass is 662 g/mol. The van der Waals surface area contributed by atoms with Gasteiger partial charge in [-0.25, -0.2) is 0 Å². The average molecular weight is 663 g/mol. The number of hydrogen-bond acceptors (Lipinski definition) is 6. The Morgan fingerprint density at radius 2 is 0.980 bits per heavy atom. The first-order valence-electron chi connectivity index (χ1n) is 18.2. The molecule has 3 aliphatic rings. The molecule has 258 valence electrons. The summed E-state index contributed by atoms with van der Waals surface area (Å²) in [6, 6.07) is 35.2. The van der Waals surface area contributed by atoms with Gasteiger partial charge in [-0.2, -0.15) is 0 Å². The molecule has 2 aliphatic heterocycles. The topological polar surface area (TPSA) is 62.0 Å². The molecule has 0 aromatic heterocycles. The highest BCUT2D eigenvalue weighted by molar-refractivity contribution is 5.86. The van der Waals surface area contributed by atoms with Crippen LogP contribution in [0, 0.1) is 0 Å². The van der Waals surface area contributed by atoms with Crippen molar-refractivity contribution in [1.82, 2.24) is 0 Å². The van der Waals surface area contributed by atoms with E-state index in [4.69, 9.17) is 28.4 Å².